The SMILES string of the molecule is CN1CCc2nc(C(=O)N3CCN(S(=O)(=O)c4ccc5cc(C(N)=NO)ccc5c4)CC3CC(=O)NCC(=O)O)sc2C1. The maximum atomic E-state index is 13.8. The molecule has 14 nitrogen and oxygen atoms in total. The molecule has 2 aliphatic rings. The Kier molecular flexibility index (Phi) is 8.64. The van der Waals surface area contributed by atoms with E-state index in [1.54, 1.807) is 24.3 Å². The van der Waals surface area contributed by atoms with Gasteiger partial charge in [0.1, 0.15) is 6.54 Å². The number of aliphatic carboxylic acids is 1. The number of carbonyl (C=O) groups is 3. The van der Waals surface area contributed by atoms with Crippen LogP contribution in [0.2, 0.25) is 0 Å². The van der Waals surface area contributed by atoms with Crippen LogP contribution in [0.4, 0.5) is 0 Å². The monoisotopic (exact) mass is 629 g/mol. The molecule has 228 valence electrons. The second-order valence-corrected chi connectivity index (χ2v) is 13.5. The van der Waals surface area contributed by atoms with Crippen LogP contribution < -0.4 is 11.1 Å². The van der Waals surface area contributed by atoms with Gasteiger partial charge in [-0.15, -0.1) is 11.3 Å². The molecular weight excluding hydrogens is 598 g/mol. The van der Waals surface area contributed by atoms with E-state index in [2.05, 4.69) is 20.4 Å². The molecule has 5 N–H and O–H groups in total. The molecule has 2 amide bonds. The first-order valence-corrected chi connectivity index (χ1v) is 15.7. The van der Waals surface area contributed by atoms with Crippen LogP contribution in [0.1, 0.15) is 32.4 Å². The number of hydrogen-bond donors (Lipinski definition) is 4. The average Bonchev–Trinajstić information content (AvgIpc) is 3.42. The van der Waals surface area contributed by atoms with Crippen LogP contribution in [-0.4, -0.2) is 107 Å². The van der Waals surface area contributed by atoms with Crippen LogP contribution in [0, 0.1) is 0 Å². The smallest absolute Gasteiger partial charge is 0.322 e. The molecule has 5 rings (SSSR count). The highest BCUT2D eigenvalue weighted by atomic mass is 32.2. The maximum Gasteiger partial charge on any atom is 0.322 e. The fourth-order valence-electron chi connectivity index (χ4n) is 5.24. The van der Waals surface area contributed by atoms with Crippen molar-refractivity contribution >= 4 is 55.8 Å². The van der Waals surface area contributed by atoms with Crippen LogP contribution in [0.5, 0.6) is 0 Å². The molecule has 1 atom stereocenters. The number of hydrogen-bond acceptors (Lipinski definition) is 10. The number of carboxylic acid groups (broad SMARTS) is 1. The second kappa shape index (κ2) is 12.2. The van der Waals surface area contributed by atoms with Gasteiger partial charge in [-0.25, -0.2) is 13.4 Å². The number of nitrogens with one attached hydrogen (secondary N) is 1. The molecule has 3 heterocycles. The predicted octanol–water partition coefficient (Wildman–Crippen LogP) is 0.485. The Morgan fingerprint density at radius 2 is 1.88 bits per heavy atom. The molecule has 0 radical (unpaired) electrons. The standard InChI is InChI=1S/C27H31N7O7S2/c1-32-7-6-21-22(15-32)42-26(30-21)27(38)34-9-8-33(14-19(34)12-23(35)29-13-24(36)37)43(40,41)20-5-4-16-10-18(25(28)31-39)3-2-17(16)11-20/h2-5,10-11,19,39H,6-9,12-15H2,1H3,(H2,28,31)(H,29,35)(H,36,37). The Bertz CT molecular complexity index is 1720. The topological polar surface area (TPSA) is 199 Å². The van der Waals surface area contributed by atoms with E-state index in [1.165, 1.54) is 32.7 Å². The summed E-state index contributed by atoms with van der Waals surface area (Å²) in [4.78, 5) is 46.5. The third-order valence-corrected chi connectivity index (χ3v) is 10.5. The van der Waals surface area contributed by atoms with Crippen LogP contribution in [-0.2, 0) is 32.6 Å². The third-order valence-electron chi connectivity index (χ3n) is 7.52. The number of nitrogens with two attached hydrogens (primary N) is 1. The molecule has 1 saturated heterocycles. The molecule has 2 aliphatic heterocycles. The van der Waals surface area contributed by atoms with Gasteiger partial charge in [0, 0.05) is 56.0 Å². The van der Waals surface area contributed by atoms with E-state index in [4.69, 9.17) is 16.0 Å². The fourth-order valence-corrected chi connectivity index (χ4v) is 7.88. The van der Waals surface area contributed by atoms with Crippen molar-refractivity contribution in [3.05, 3.63) is 57.5 Å². The highest BCUT2D eigenvalue weighted by molar-refractivity contribution is 7.89. The van der Waals surface area contributed by atoms with Gasteiger partial charge >= 0.3 is 5.97 Å². The molecular formula is C27H31N7O7S2. The molecule has 0 bridgehead atoms. The zero-order valence-electron chi connectivity index (χ0n) is 23.3. The van der Waals surface area contributed by atoms with Gasteiger partial charge in [-0.1, -0.05) is 23.4 Å². The molecule has 1 fully saturated rings. The Balaban J connectivity index is 1.40. The number of aromatic nitrogens is 1. The summed E-state index contributed by atoms with van der Waals surface area (Å²) >= 11 is 1.30. The lowest BCUT2D eigenvalue weighted by molar-refractivity contribution is -0.138. The molecule has 0 aliphatic carbocycles. The quantitative estimate of drug-likeness (QED) is 0.118. The highest BCUT2D eigenvalue weighted by Crippen LogP contribution is 2.29. The van der Waals surface area contributed by atoms with Crippen LogP contribution in [0.15, 0.2) is 46.4 Å². The number of amidine groups is 1. The number of benzene rings is 2. The maximum absolute atomic E-state index is 13.8. The summed E-state index contributed by atoms with van der Waals surface area (Å²) in [6.45, 7) is 0.772. The van der Waals surface area contributed by atoms with Gasteiger partial charge < -0.3 is 31.2 Å². The summed E-state index contributed by atoms with van der Waals surface area (Å²) < 4.78 is 28.8. The lowest BCUT2D eigenvalue weighted by Gasteiger charge is -2.40. The molecule has 16 heteroatoms. The minimum Gasteiger partial charge on any atom is -0.480 e. The molecule has 2 aromatic carbocycles. The molecule has 3 aromatic rings. The van der Waals surface area contributed by atoms with Gasteiger partial charge in [0.05, 0.1) is 16.6 Å². The second-order valence-electron chi connectivity index (χ2n) is 10.5. The number of carbonyl (C=O) groups excluding carboxylic acids is 2. The number of carboxylic acids is 1. The zero-order chi connectivity index (χ0) is 30.9. The van der Waals surface area contributed by atoms with Gasteiger partial charge in [0.25, 0.3) is 5.91 Å². The third kappa shape index (κ3) is 6.46. The van der Waals surface area contributed by atoms with Crippen molar-refractivity contribution in [3.63, 3.8) is 0 Å². The van der Waals surface area contributed by atoms with Crippen molar-refractivity contribution in [2.75, 3.05) is 39.8 Å². The van der Waals surface area contributed by atoms with Gasteiger partial charge in [-0.2, -0.15) is 4.31 Å². The van der Waals surface area contributed by atoms with Gasteiger partial charge in [0.15, 0.2) is 10.8 Å². The summed E-state index contributed by atoms with van der Waals surface area (Å²) in [5.74, 6) is -2.30. The zero-order valence-corrected chi connectivity index (χ0v) is 24.9. The van der Waals surface area contributed by atoms with E-state index >= 15 is 0 Å². The van der Waals surface area contributed by atoms with Gasteiger partial charge in [0.2, 0.25) is 15.9 Å². The van der Waals surface area contributed by atoms with E-state index in [1.807, 2.05) is 7.05 Å². The number of piperazine rings is 1. The van der Waals surface area contributed by atoms with E-state index in [9.17, 15) is 22.8 Å². The van der Waals surface area contributed by atoms with E-state index in [0.29, 0.717) is 22.9 Å². The largest absolute Gasteiger partial charge is 0.480 e. The Morgan fingerprint density at radius 3 is 2.63 bits per heavy atom. The lowest BCUT2D eigenvalue weighted by Crippen LogP contribution is -2.57. The Labute approximate surface area is 251 Å². The van der Waals surface area contributed by atoms with Crippen LogP contribution >= 0.6 is 11.3 Å². The first-order chi connectivity index (χ1) is 20.5. The first kappa shape index (κ1) is 30.3. The minimum absolute atomic E-state index is 0.00435. The Morgan fingerprint density at radius 1 is 1.14 bits per heavy atom. The van der Waals surface area contributed by atoms with Crippen LogP contribution in [0.3, 0.4) is 0 Å². The number of thiazole rings is 1. The molecule has 0 spiro atoms. The summed E-state index contributed by atoms with van der Waals surface area (Å²) in [6.07, 6.45) is 0.436. The van der Waals surface area contributed by atoms with E-state index < -0.39 is 34.5 Å². The van der Waals surface area contributed by atoms with Crippen molar-refractivity contribution in [2.45, 2.75) is 30.3 Å². The number of oxime groups is 1. The van der Waals surface area contributed by atoms with Crippen molar-refractivity contribution in [2.24, 2.45) is 10.9 Å². The minimum atomic E-state index is -4.04. The van der Waals surface area contributed by atoms with E-state index in [-0.39, 0.29) is 47.7 Å². The van der Waals surface area contributed by atoms with E-state index in [0.717, 1.165) is 23.5 Å². The fraction of sp³-hybridized carbons (Fsp3) is 0.370. The molecule has 0 saturated carbocycles. The summed E-state index contributed by atoms with van der Waals surface area (Å²) in [5.41, 5.74) is 7.02. The van der Waals surface area contributed by atoms with Gasteiger partial charge in [-0.05, 0) is 36.0 Å². The summed E-state index contributed by atoms with van der Waals surface area (Å²) in [6, 6.07) is 8.69. The Hall–Kier alpha value is -4.12. The number of rotatable bonds is 8. The van der Waals surface area contributed by atoms with Crippen LogP contribution in [0.25, 0.3) is 10.8 Å². The highest BCUT2D eigenvalue weighted by Gasteiger charge is 2.39. The summed E-state index contributed by atoms with van der Waals surface area (Å²) in [5, 5.41) is 24.8. The first-order valence-electron chi connectivity index (χ1n) is 13.4. The van der Waals surface area contributed by atoms with Gasteiger partial charge in [-0.3, -0.25) is 14.4 Å². The molecule has 1 aromatic heterocycles. The van der Waals surface area contributed by atoms with Crippen molar-refractivity contribution in [1.29, 1.82) is 0 Å². The summed E-state index contributed by atoms with van der Waals surface area (Å²) in [7, 11) is -2.05. The number of sulfonamides is 1. The van der Waals surface area contributed by atoms with Crippen molar-refractivity contribution in [1.82, 2.24) is 24.4 Å². The molecule has 43 heavy (non-hydrogen) atoms. The van der Waals surface area contributed by atoms with Crippen molar-refractivity contribution < 1.29 is 33.1 Å². The predicted molar refractivity (Wildman–Crippen MR) is 157 cm³/mol. The number of fused-ring (bicyclic) bond motifs is 2. The lowest BCUT2D eigenvalue weighted by atomic mass is 10.1. The average molecular weight is 630 g/mol. The molecule has 1 unspecified atom stereocenters. The number of likely N-dealkylation sites (N-methyl/N-ethyl adjacent to an activating group) is 1. The number of nitrogens with zero attached hydrogens (tertiary/aromatic N) is 5. The van der Waals surface area contributed by atoms with Crippen molar-refractivity contribution in [3.8, 4) is 0 Å². The number of amides is 2. The normalized spacial score (nSPS) is 18.4.